The summed E-state index contributed by atoms with van der Waals surface area (Å²) >= 11 is 4.12. The van der Waals surface area contributed by atoms with Gasteiger partial charge in [-0.2, -0.15) is 12.6 Å². The summed E-state index contributed by atoms with van der Waals surface area (Å²) in [6.07, 6.45) is 1.95. The SMILES string of the molecule is NC(CS)CCCOc1ccccc1. The molecule has 1 rings (SSSR count). The zero-order chi connectivity index (χ0) is 10.2. The van der Waals surface area contributed by atoms with E-state index in [0.717, 1.165) is 31.0 Å². The molecule has 1 atom stereocenters. The molecule has 2 N–H and O–H groups in total. The molecule has 1 unspecified atom stereocenters. The van der Waals surface area contributed by atoms with Crippen molar-refractivity contribution in [1.82, 2.24) is 0 Å². The largest absolute Gasteiger partial charge is 0.494 e. The van der Waals surface area contributed by atoms with E-state index in [0.29, 0.717) is 0 Å². The van der Waals surface area contributed by atoms with E-state index in [4.69, 9.17) is 10.5 Å². The Kier molecular flexibility index (Phi) is 5.49. The molecule has 0 saturated carbocycles. The lowest BCUT2D eigenvalue weighted by molar-refractivity contribution is 0.303. The van der Waals surface area contributed by atoms with Gasteiger partial charge < -0.3 is 10.5 Å². The molecule has 2 nitrogen and oxygen atoms in total. The standard InChI is InChI=1S/C11H17NOS/c12-10(9-14)5-4-8-13-11-6-2-1-3-7-11/h1-3,6-7,10,14H,4-5,8-9,12H2. The lowest BCUT2D eigenvalue weighted by Crippen LogP contribution is -2.22. The first-order chi connectivity index (χ1) is 6.83. The highest BCUT2D eigenvalue weighted by molar-refractivity contribution is 7.80. The summed E-state index contributed by atoms with van der Waals surface area (Å²) in [4.78, 5) is 0. The van der Waals surface area contributed by atoms with Crippen molar-refractivity contribution >= 4 is 12.6 Å². The number of hydrogen-bond donors (Lipinski definition) is 2. The van der Waals surface area contributed by atoms with E-state index < -0.39 is 0 Å². The van der Waals surface area contributed by atoms with Gasteiger partial charge in [0.2, 0.25) is 0 Å². The van der Waals surface area contributed by atoms with E-state index in [9.17, 15) is 0 Å². The van der Waals surface area contributed by atoms with Crippen LogP contribution in [0.4, 0.5) is 0 Å². The van der Waals surface area contributed by atoms with E-state index in [1.165, 1.54) is 0 Å². The van der Waals surface area contributed by atoms with Crippen LogP contribution >= 0.6 is 12.6 Å². The first-order valence-electron chi connectivity index (χ1n) is 4.87. The molecule has 0 fully saturated rings. The summed E-state index contributed by atoms with van der Waals surface area (Å²) < 4.78 is 5.52. The van der Waals surface area contributed by atoms with Gasteiger partial charge in [0, 0.05) is 11.8 Å². The van der Waals surface area contributed by atoms with Gasteiger partial charge in [-0.15, -0.1) is 0 Å². The Bertz CT molecular complexity index is 240. The number of para-hydroxylation sites is 1. The third-order valence-corrected chi connectivity index (χ3v) is 2.43. The van der Waals surface area contributed by atoms with Gasteiger partial charge in [-0.25, -0.2) is 0 Å². The van der Waals surface area contributed by atoms with Crippen molar-refractivity contribution in [1.29, 1.82) is 0 Å². The summed E-state index contributed by atoms with van der Waals surface area (Å²) in [5.74, 6) is 1.66. The van der Waals surface area contributed by atoms with Gasteiger partial charge in [-0.1, -0.05) is 18.2 Å². The lowest BCUT2D eigenvalue weighted by atomic mass is 10.2. The van der Waals surface area contributed by atoms with Crippen LogP contribution in [0.25, 0.3) is 0 Å². The average molecular weight is 211 g/mol. The molecule has 0 amide bonds. The van der Waals surface area contributed by atoms with Crippen LogP contribution in [0.5, 0.6) is 5.75 Å². The Labute approximate surface area is 90.9 Å². The van der Waals surface area contributed by atoms with Gasteiger partial charge in [-0.05, 0) is 25.0 Å². The fourth-order valence-electron chi connectivity index (χ4n) is 1.14. The molecule has 0 aromatic heterocycles. The molecular weight excluding hydrogens is 194 g/mol. The molecule has 0 radical (unpaired) electrons. The van der Waals surface area contributed by atoms with Crippen LogP contribution in [0, 0.1) is 0 Å². The third-order valence-electron chi connectivity index (χ3n) is 1.97. The summed E-state index contributed by atoms with van der Waals surface area (Å²) in [5, 5.41) is 0. The van der Waals surface area contributed by atoms with Crippen molar-refractivity contribution in [3.8, 4) is 5.75 Å². The van der Waals surface area contributed by atoms with Crippen LogP contribution in [-0.4, -0.2) is 18.4 Å². The minimum Gasteiger partial charge on any atom is -0.494 e. The number of nitrogens with two attached hydrogens (primary N) is 1. The first-order valence-corrected chi connectivity index (χ1v) is 5.50. The van der Waals surface area contributed by atoms with Gasteiger partial charge >= 0.3 is 0 Å². The number of ether oxygens (including phenoxy) is 1. The Hall–Kier alpha value is -0.670. The predicted octanol–water partition coefficient (Wildman–Crippen LogP) is 2.10. The minimum absolute atomic E-state index is 0.192. The smallest absolute Gasteiger partial charge is 0.119 e. The van der Waals surface area contributed by atoms with Crippen molar-refractivity contribution in [2.24, 2.45) is 5.73 Å². The zero-order valence-electron chi connectivity index (χ0n) is 8.23. The molecule has 14 heavy (non-hydrogen) atoms. The highest BCUT2D eigenvalue weighted by Crippen LogP contribution is 2.09. The molecule has 0 saturated heterocycles. The highest BCUT2D eigenvalue weighted by Gasteiger charge is 1.99. The van der Waals surface area contributed by atoms with Gasteiger partial charge in [0.1, 0.15) is 5.75 Å². The van der Waals surface area contributed by atoms with Crippen LogP contribution in [0.2, 0.25) is 0 Å². The van der Waals surface area contributed by atoms with E-state index in [1.807, 2.05) is 30.3 Å². The van der Waals surface area contributed by atoms with E-state index in [1.54, 1.807) is 0 Å². The maximum atomic E-state index is 5.72. The molecule has 0 aliphatic carbocycles. The lowest BCUT2D eigenvalue weighted by Gasteiger charge is -2.08. The zero-order valence-corrected chi connectivity index (χ0v) is 9.12. The fourth-order valence-corrected chi connectivity index (χ4v) is 1.33. The topological polar surface area (TPSA) is 35.2 Å². The van der Waals surface area contributed by atoms with Gasteiger partial charge in [0.05, 0.1) is 6.61 Å². The quantitative estimate of drug-likeness (QED) is 0.558. The Balaban J connectivity index is 2.10. The molecular formula is C11H17NOS. The Morgan fingerprint density at radius 3 is 2.64 bits per heavy atom. The number of benzene rings is 1. The van der Waals surface area contributed by atoms with E-state index in [2.05, 4.69) is 12.6 Å². The molecule has 1 aromatic carbocycles. The van der Waals surface area contributed by atoms with Crippen molar-refractivity contribution in [3.05, 3.63) is 30.3 Å². The summed E-state index contributed by atoms with van der Waals surface area (Å²) in [7, 11) is 0. The van der Waals surface area contributed by atoms with Crippen molar-refractivity contribution in [3.63, 3.8) is 0 Å². The molecule has 0 bridgehead atoms. The molecule has 3 heteroatoms. The number of hydrogen-bond acceptors (Lipinski definition) is 3. The molecule has 78 valence electrons. The van der Waals surface area contributed by atoms with Crippen molar-refractivity contribution in [2.75, 3.05) is 12.4 Å². The summed E-state index contributed by atoms with van der Waals surface area (Å²) in [6.45, 7) is 0.728. The minimum atomic E-state index is 0.192. The van der Waals surface area contributed by atoms with E-state index >= 15 is 0 Å². The monoisotopic (exact) mass is 211 g/mol. The van der Waals surface area contributed by atoms with Crippen LogP contribution in [-0.2, 0) is 0 Å². The molecule has 0 aliphatic heterocycles. The van der Waals surface area contributed by atoms with Crippen molar-refractivity contribution in [2.45, 2.75) is 18.9 Å². The summed E-state index contributed by atoms with van der Waals surface area (Å²) in [6, 6.07) is 10.0. The first kappa shape index (κ1) is 11.4. The molecule has 0 heterocycles. The van der Waals surface area contributed by atoms with Crippen LogP contribution in [0.15, 0.2) is 30.3 Å². The predicted molar refractivity (Wildman–Crippen MR) is 63.0 cm³/mol. The normalized spacial score (nSPS) is 12.4. The fraction of sp³-hybridized carbons (Fsp3) is 0.455. The third kappa shape index (κ3) is 4.53. The Morgan fingerprint density at radius 1 is 1.29 bits per heavy atom. The maximum absolute atomic E-state index is 5.72. The van der Waals surface area contributed by atoms with Crippen LogP contribution < -0.4 is 10.5 Å². The molecule has 0 aliphatic rings. The maximum Gasteiger partial charge on any atom is 0.119 e. The highest BCUT2D eigenvalue weighted by atomic mass is 32.1. The van der Waals surface area contributed by atoms with Gasteiger partial charge in [0.25, 0.3) is 0 Å². The second-order valence-corrected chi connectivity index (χ2v) is 3.61. The van der Waals surface area contributed by atoms with Gasteiger partial charge in [-0.3, -0.25) is 0 Å². The van der Waals surface area contributed by atoms with Crippen LogP contribution in [0.3, 0.4) is 0 Å². The Morgan fingerprint density at radius 2 is 2.00 bits per heavy atom. The van der Waals surface area contributed by atoms with E-state index in [-0.39, 0.29) is 6.04 Å². The second-order valence-electron chi connectivity index (χ2n) is 3.25. The second kappa shape index (κ2) is 6.74. The molecule has 1 aromatic rings. The number of thiol groups is 1. The molecule has 0 spiro atoms. The summed E-state index contributed by atoms with van der Waals surface area (Å²) in [5.41, 5.74) is 5.72. The van der Waals surface area contributed by atoms with Crippen molar-refractivity contribution < 1.29 is 4.74 Å². The van der Waals surface area contributed by atoms with Gasteiger partial charge in [0.15, 0.2) is 0 Å². The average Bonchev–Trinajstić information content (AvgIpc) is 2.25. The number of rotatable bonds is 6. The van der Waals surface area contributed by atoms with Crippen LogP contribution in [0.1, 0.15) is 12.8 Å².